The van der Waals surface area contributed by atoms with Gasteiger partial charge in [0.25, 0.3) is 0 Å². The summed E-state index contributed by atoms with van der Waals surface area (Å²) in [5, 5.41) is 13.1. The average Bonchev–Trinajstić information content (AvgIpc) is 3.03. The molecule has 0 aliphatic rings. The molecule has 2 aromatic heterocycles. The standard InChI is InChI=1S/C18H30N8O3/c1-10(2)15(29)12(8-27)26(6-5-21-11(3)4)13(28)7-25-9-22-14-16(19)23-18(20)24-17(14)25/h9-12,21,27H,5-8H2,1-4H3,(H4,19,20,23,24)/t12-/m1/s1. The summed E-state index contributed by atoms with van der Waals surface area (Å²) in [5.74, 6) is -0.761. The van der Waals surface area contributed by atoms with Crippen molar-refractivity contribution in [1.29, 1.82) is 0 Å². The van der Waals surface area contributed by atoms with Crippen molar-refractivity contribution < 1.29 is 14.7 Å². The monoisotopic (exact) mass is 406 g/mol. The first-order valence-electron chi connectivity index (χ1n) is 9.56. The van der Waals surface area contributed by atoms with Crippen LogP contribution in [-0.2, 0) is 16.1 Å². The maximum atomic E-state index is 13.1. The number of ketones is 1. The molecule has 11 heteroatoms. The third-order valence-electron chi connectivity index (χ3n) is 4.49. The quantitative estimate of drug-likeness (QED) is 0.403. The summed E-state index contributed by atoms with van der Waals surface area (Å²) in [7, 11) is 0. The van der Waals surface area contributed by atoms with E-state index in [1.54, 1.807) is 13.8 Å². The number of hydrogen-bond acceptors (Lipinski definition) is 9. The number of anilines is 2. The van der Waals surface area contributed by atoms with Gasteiger partial charge in [-0.1, -0.05) is 27.7 Å². The topological polar surface area (TPSA) is 165 Å². The minimum atomic E-state index is -0.920. The number of aromatic nitrogens is 4. The molecule has 11 nitrogen and oxygen atoms in total. The predicted molar refractivity (Wildman–Crippen MR) is 110 cm³/mol. The van der Waals surface area contributed by atoms with Crippen LogP contribution in [0.4, 0.5) is 11.8 Å². The summed E-state index contributed by atoms with van der Waals surface area (Å²) in [6.45, 7) is 7.64. The second-order valence-corrected chi connectivity index (χ2v) is 7.46. The van der Waals surface area contributed by atoms with E-state index in [0.29, 0.717) is 17.7 Å². The highest BCUT2D eigenvalue weighted by atomic mass is 16.3. The van der Waals surface area contributed by atoms with E-state index in [-0.39, 0.29) is 48.5 Å². The van der Waals surface area contributed by atoms with Crippen LogP contribution in [0.2, 0.25) is 0 Å². The van der Waals surface area contributed by atoms with Crippen LogP contribution in [0.3, 0.4) is 0 Å². The summed E-state index contributed by atoms with van der Waals surface area (Å²) >= 11 is 0. The number of nitrogens with one attached hydrogen (secondary N) is 1. The van der Waals surface area contributed by atoms with Crippen LogP contribution in [0.15, 0.2) is 6.33 Å². The Morgan fingerprint density at radius 1 is 1.24 bits per heavy atom. The van der Waals surface area contributed by atoms with E-state index >= 15 is 0 Å². The number of aliphatic hydroxyl groups is 1. The second kappa shape index (κ2) is 9.61. The van der Waals surface area contributed by atoms with Crippen LogP contribution in [0.5, 0.6) is 0 Å². The largest absolute Gasteiger partial charge is 0.394 e. The van der Waals surface area contributed by atoms with E-state index in [1.165, 1.54) is 15.8 Å². The molecule has 0 radical (unpaired) electrons. The smallest absolute Gasteiger partial charge is 0.243 e. The van der Waals surface area contributed by atoms with E-state index in [1.807, 2.05) is 13.8 Å². The molecule has 29 heavy (non-hydrogen) atoms. The number of Topliss-reactive ketones (excluding diaryl/α,β-unsaturated/α-hetero) is 1. The molecule has 1 atom stereocenters. The van der Waals surface area contributed by atoms with Crippen LogP contribution < -0.4 is 16.8 Å². The molecular weight excluding hydrogens is 376 g/mol. The summed E-state index contributed by atoms with van der Waals surface area (Å²) in [5.41, 5.74) is 12.1. The van der Waals surface area contributed by atoms with Crippen molar-refractivity contribution in [3.8, 4) is 0 Å². The summed E-state index contributed by atoms with van der Waals surface area (Å²) in [4.78, 5) is 39.2. The van der Waals surface area contributed by atoms with Crippen LogP contribution in [-0.4, -0.2) is 73.0 Å². The van der Waals surface area contributed by atoms with Gasteiger partial charge in [-0.3, -0.25) is 9.59 Å². The van der Waals surface area contributed by atoms with Crippen LogP contribution in [0.1, 0.15) is 27.7 Å². The van der Waals surface area contributed by atoms with Gasteiger partial charge in [0.15, 0.2) is 17.2 Å². The van der Waals surface area contributed by atoms with Crippen LogP contribution in [0, 0.1) is 5.92 Å². The van der Waals surface area contributed by atoms with Crippen molar-refractivity contribution in [3.05, 3.63) is 6.33 Å². The van der Waals surface area contributed by atoms with Crippen molar-refractivity contribution in [3.63, 3.8) is 0 Å². The molecule has 2 rings (SSSR count). The van der Waals surface area contributed by atoms with E-state index < -0.39 is 12.6 Å². The Morgan fingerprint density at radius 3 is 2.52 bits per heavy atom. The first-order valence-corrected chi connectivity index (χ1v) is 9.56. The lowest BCUT2D eigenvalue weighted by Gasteiger charge is -2.31. The lowest BCUT2D eigenvalue weighted by molar-refractivity contribution is -0.142. The minimum absolute atomic E-state index is 0.0228. The number of amides is 1. The molecule has 2 heterocycles. The highest BCUT2D eigenvalue weighted by Gasteiger charge is 2.30. The van der Waals surface area contributed by atoms with Gasteiger partial charge in [-0.2, -0.15) is 9.97 Å². The van der Waals surface area contributed by atoms with Crippen molar-refractivity contribution >= 4 is 34.6 Å². The number of hydrogen-bond donors (Lipinski definition) is 4. The van der Waals surface area contributed by atoms with Gasteiger partial charge in [-0.25, -0.2) is 4.98 Å². The van der Waals surface area contributed by atoms with Gasteiger partial charge < -0.3 is 31.4 Å². The van der Waals surface area contributed by atoms with Crippen molar-refractivity contribution in [2.75, 3.05) is 31.2 Å². The summed E-state index contributed by atoms with van der Waals surface area (Å²) in [6.07, 6.45) is 1.43. The fraction of sp³-hybridized carbons (Fsp3) is 0.611. The third kappa shape index (κ3) is 5.39. The van der Waals surface area contributed by atoms with E-state index in [2.05, 4.69) is 20.3 Å². The number of carbonyl (C=O) groups excluding carboxylic acids is 2. The molecular formula is C18H30N8O3. The highest BCUT2D eigenvalue weighted by Crippen LogP contribution is 2.17. The lowest BCUT2D eigenvalue weighted by Crippen LogP contribution is -2.52. The number of nitrogens with zero attached hydrogens (tertiary/aromatic N) is 5. The molecule has 2 aromatic rings. The molecule has 0 aromatic carbocycles. The molecule has 0 fully saturated rings. The maximum Gasteiger partial charge on any atom is 0.243 e. The molecule has 0 unspecified atom stereocenters. The fourth-order valence-corrected chi connectivity index (χ4v) is 2.99. The number of carbonyl (C=O) groups is 2. The van der Waals surface area contributed by atoms with Gasteiger partial charge in [-0.05, 0) is 0 Å². The van der Waals surface area contributed by atoms with Crippen LogP contribution in [0.25, 0.3) is 11.2 Å². The number of nitrogen functional groups attached to an aromatic ring is 2. The predicted octanol–water partition coefficient (Wildman–Crippen LogP) is -0.597. The van der Waals surface area contributed by atoms with Crippen molar-refractivity contribution in [2.24, 2.45) is 5.92 Å². The van der Waals surface area contributed by atoms with Crippen molar-refractivity contribution in [1.82, 2.24) is 29.7 Å². The Kier molecular flexibility index (Phi) is 7.46. The zero-order chi connectivity index (χ0) is 21.7. The normalized spacial score (nSPS) is 12.7. The van der Waals surface area contributed by atoms with Gasteiger partial charge in [0, 0.05) is 25.0 Å². The van der Waals surface area contributed by atoms with E-state index in [4.69, 9.17) is 11.5 Å². The Bertz CT molecular complexity index is 864. The number of nitrogens with two attached hydrogens (primary N) is 2. The molecule has 0 saturated carbocycles. The molecule has 6 N–H and O–H groups in total. The summed E-state index contributed by atoms with van der Waals surface area (Å²) in [6, 6.07) is -0.698. The molecule has 160 valence electrons. The van der Waals surface area contributed by atoms with Gasteiger partial charge in [0.05, 0.1) is 12.9 Å². The fourth-order valence-electron chi connectivity index (χ4n) is 2.99. The highest BCUT2D eigenvalue weighted by molar-refractivity contribution is 5.91. The zero-order valence-corrected chi connectivity index (χ0v) is 17.3. The lowest BCUT2D eigenvalue weighted by atomic mass is 10.0. The van der Waals surface area contributed by atoms with E-state index in [0.717, 1.165) is 0 Å². The number of aliphatic hydroxyl groups excluding tert-OH is 1. The zero-order valence-electron chi connectivity index (χ0n) is 17.3. The van der Waals surface area contributed by atoms with E-state index in [9.17, 15) is 14.7 Å². The van der Waals surface area contributed by atoms with Crippen molar-refractivity contribution in [2.45, 2.75) is 46.3 Å². The number of imidazole rings is 1. The molecule has 0 spiro atoms. The molecule has 1 amide bonds. The first kappa shape index (κ1) is 22.5. The van der Waals surface area contributed by atoms with Gasteiger partial charge in [-0.15, -0.1) is 0 Å². The Labute approximate surface area is 169 Å². The maximum absolute atomic E-state index is 13.1. The Balaban J connectivity index is 2.30. The van der Waals surface area contributed by atoms with Gasteiger partial charge in [0.2, 0.25) is 11.9 Å². The first-order chi connectivity index (χ1) is 13.6. The second-order valence-electron chi connectivity index (χ2n) is 7.46. The third-order valence-corrected chi connectivity index (χ3v) is 4.49. The summed E-state index contributed by atoms with van der Waals surface area (Å²) < 4.78 is 1.50. The number of fused-ring (bicyclic) bond motifs is 1. The molecule has 0 aliphatic heterocycles. The van der Waals surface area contributed by atoms with Gasteiger partial charge in [0.1, 0.15) is 18.1 Å². The molecule has 0 bridgehead atoms. The van der Waals surface area contributed by atoms with Gasteiger partial charge >= 0.3 is 0 Å². The minimum Gasteiger partial charge on any atom is -0.394 e. The van der Waals surface area contributed by atoms with Crippen LogP contribution >= 0.6 is 0 Å². The molecule has 0 aliphatic carbocycles. The Morgan fingerprint density at radius 2 is 1.93 bits per heavy atom. The SMILES string of the molecule is CC(C)NCCN(C(=O)Cn1cnc2c(N)nc(N)nc21)[C@H](CO)C(=O)C(C)C. The average molecular weight is 406 g/mol. The number of rotatable bonds is 10. The molecule has 0 saturated heterocycles. The Hall–Kier alpha value is -2.79.